The highest BCUT2D eigenvalue weighted by molar-refractivity contribution is 5.79. The van der Waals surface area contributed by atoms with E-state index in [1.807, 2.05) is 12.1 Å². The number of nitrogens with one attached hydrogen (secondary N) is 2. The number of guanidine groups is 1. The van der Waals surface area contributed by atoms with E-state index in [1.165, 1.54) is 0 Å². The van der Waals surface area contributed by atoms with E-state index in [0.29, 0.717) is 6.04 Å². The van der Waals surface area contributed by atoms with Gasteiger partial charge >= 0.3 is 0 Å². The largest absolute Gasteiger partial charge is 0.469 e. The molecule has 2 N–H and O–H groups in total. The van der Waals surface area contributed by atoms with E-state index in [4.69, 9.17) is 13.9 Å². The number of hydrogen-bond donors (Lipinski definition) is 2. The van der Waals surface area contributed by atoms with Crippen LogP contribution in [0.15, 0.2) is 27.8 Å². The van der Waals surface area contributed by atoms with Gasteiger partial charge in [-0.2, -0.15) is 0 Å². The lowest BCUT2D eigenvalue weighted by atomic mass is 9.90. The van der Waals surface area contributed by atoms with Gasteiger partial charge in [0.1, 0.15) is 5.76 Å². The molecule has 0 aliphatic carbocycles. The van der Waals surface area contributed by atoms with Crippen LogP contribution < -0.4 is 10.6 Å². The van der Waals surface area contributed by atoms with Crippen molar-refractivity contribution >= 4 is 5.96 Å². The van der Waals surface area contributed by atoms with Crippen LogP contribution in [0.3, 0.4) is 0 Å². The lowest BCUT2D eigenvalue weighted by molar-refractivity contribution is -0.0873. The molecule has 0 aromatic carbocycles. The molecule has 2 fully saturated rings. The van der Waals surface area contributed by atoms with Gasteiger partial charge in [-0.05, 0) is 25.0 Å². The smallest absolute Gasteiger partial charge is 0.191 e. The van der Waals surface area contributed by atoms with Crippen molar-refractivity contribution in [2.24, 2.45) is 4.99 Å². The highest BCUT2D eigenvalue weighted by Gasteiger charge is 2.41. The van der Waals surface area contributed by atoms with Crippen LogP contribution in [-0.2, 0) is 15.9 Å². The maximum Gasteiger partial charge on any atom is 0.191 e. The fraction of sp³-hybridized carbons (Fsp3) is 0.688. The number of rotatable bonds is 4. The minimum Gasteiger partial charge on any atom is -0.469 e. The second-order valence-corrected chi connectivity index (χ2v) is 6.00. The summed E-state index contributed by atoms with van der Waals surface area (Å²) in [5, 5.41) is 6.85. The summed E-state index contributed by atoms with van der Waals surface area (Å²) in [6, 6.07) is 4.28. The van der Waals surface area contributed by atoms with Crippen LogP contribution in [-0.4, -0.2) is 51.0 Å². The fourth-order valence-corrected chi connectivity index (χ4v) is 3.16. The summed E-state index contributed by atoms with van der Waals surface area (Å²) in [5.41, 5.74) is -0.0804. The Balaban J connectivity index is 1.45. The Labute approximate surface area is 131 Å². The molecule has 2 saturated heterocycles. The van der Waals surface area contributed by atoms with Crippen LogP contribution in [0.4, 0.5) is 0 Å². The summed E-state index contributed by atoms with van der Waals surface area (Å²) in [4.78, 5) is 4.31. The van der Waals surface area contributed by atoms with Crippen molar-refractivity contribution in [1.29, 1.82) is 0 Å². The van der Waals surface area contributed by atoms with Crippen molar-refractivity contribution in [3.63, 3.8) is 0 Å². The van der Waals surface area contributed by atoms with Crippen LogP contribution in [0.5, 0.6) is 0 Å². The summed E-state index contributed by atoms with van der Waals surface area (Å²) in [7, 11) is 1.80. The first-order valence-electron chi connectivity index (χ1n) is 8.01. The third-order valence-corrected chi connectivity index (χ3v) is 4.37. The Morgan fingerprint density at radius 2 is 2.41 bits per heavy atom. The van der Waals surface area contributed by atoms with E-state index < -0.39 is 0 Å². The predicted molar refractivity (Wildman–Crippen MR) is 84.1 cm³/mol. The predicted octanol–water partition coefficient (Wildman–Crippen LogP) is 1.33. The second kappa shape index (κ2) is 7.15. The van der Waals surface area contributed by atoms with Crippen molar-refractivity contribution in [3.05, 3.63) is 24.2 Å². The molecule has 1 aromatic rings. The molecule has 2 aliphatic rings. The molecule has 1 aromatic heterocycles. The van der Waals surface area contributed by atoms with E-state index in [-0.39, 0.29) is 5.60 Å². The number of nitrogens with zero attached hydrogens (tertiary/aromatic N) is 1. The van der Waals surface area contributed by atoms with Crippen LogP contribution in [0.25, 0.3) is 0 Å². The molecule has 0 saturated carbocycles. The average molecular weight is 307 g/mol. The van der Waals surface area contributed by atoms with Crippen LogP contribution >= 0.6 is 0 Å². The van der Waals surface area contributed by atoms with Crippen molar-refractivity contribution in [2.45, 2.75) is 37.3 Å². The fourth-order valence-electron chi connectivity index (χ4n) is 3.16. The molecule has 0 bridgehead atoms. The molecule has 6 nitrogen and oxygen atoms in total. The van der Waals surface area contributed by atoms with Crippen molar-refractivity contribution in [2.75, 3.05) is 33.4 Å². The number of hydrogen-bond acceptors (Lipinski definition) is 4. The third-order valence-electron chi connectivity index (χ3n) is 4.37. The Kier molecular flexibility index (Phi) is 5.00. The average Bonchev–Trinajstić information content (AvgIpc) is 3.19. The zero-order chi connectivity index (χ0) is 15.3. The summed E-state index contributed by atoms with van der Waals surface area (Å²) in [6.45, 7) is 3.10. The number of aliphatic imine (C=N–C) groups is 1. The molecule has 22 heavy (non-hydrogen) atoms. The lowest BCUT2D eigenvalue weighted by Crippen LogP contribution is -2.52. The monoisotopic (exact) mass is 307 g/mol. The van der Waals surface area contributed by atoms with Gasteiger partial charge in [0.2, 0.25) is 0 Å². The van der Waals surface area contributed by atoms with Gasteiger partial charge in [-0.3, -0.25) is 4.99 Å². The quantitative estimate of drug-likeness (QED) is 0.649. The molecule has 0 amide bonds. The minimum atomic E-state index is -0.0804. The van der Waals surface area contributed by atoms with E-state index in [0.717, 1.165) is 63.8 Å². The van der Waals surface area contributed by atoms with Gasteiger partial charge in [-0.15, -0.1) is 0 Å². The molecule has 3 rings (SSSR count). The zero-order valence-electron chi connectivity index (χ0n) is 13.1. The zero-order valence-corrected chi connectivity index (χ0v) is 13.1. The number of ether oxygens (including phenoxy) is 2. The highest BCUT2D eigenvalue weighted by atomic mass is 16.6. The molecule has 3 heterocycles. The van der Waals surface area contributed by atoms with Crippen molar-refractivity contribution < 1.29 is 13.9 Å². The second-order valence-electron chi connectivity index (χ2n) is 6.00. The van der Waals surface area contributed by atoms with Crippen molar-refractivity contribution in [1.82, 2.24) is 10.6 Å². The molecule has 2 unspecified atom stereocenters. The normalized spacial score (nSPS) is 29.0. The minimum absolute atomic E-state index is 0.0804. The van der Waals surface area contributed by atoms with Crippen molar-refractivity contribution in [3.8, 4) is 0 Å². The highest BCUT2D eigenvalue weighted by Crippen LogP contribution is 2.32. The van der Waals surface area contributed by atoms with Crippen LogP contribution in [0.2, 0.25) is 0 Å². The SMILES string of the molecule is CN=C(NCCc1ccco1)NC1CCOC2(CCOC2)C1. The lowest BCUT2D eigenvalue weighted by Gasteiger charge is -2.37. The van der Waals surface area contributed by atoms with Gasteiger partial charge in [-0.25, -0.2) is 0 Å². The first-order valence-corrected chi connectivity index (χ1v) is 8.01. The van der Waals surface area contributed by atoms with Gasteiger partial charge in [0.05, 0.1) is 18.5 Å². The third kappa shape index (κ3) is 3.81. The van der Waals surface area contributed by atoms with Crippen LogP contribution in [0.1, 0.15) is 25.0 Å². The topological polar surface area (TPSA) is 68.0 Å². The molecule has 2 aliphatic heterocycles. The van der Waals surface area contributed by atoms with E-state index in [1.54, 1.807) is 13.3 Å². The Hall–Kier alpha value is -1.53. The van der Waals surface area contributed by atoms with Gasteiger partial charge < -0.3 is 24.5 Å². The summed E-state index contributed by atoms with van der Waals surface area (Å²) in [6.07, 6.45) is 5.52. The standard InChI is InChI=1S/C16H25N3O3/c1-17-15(18-7-4-14-3-2-8-21-14)19-13-5-9-22-16(11-13)6-10-20-12-16/h2-3,8,13H,4-7,9-12H2,1H3,(H2,17,18,19). The first-order chi connectivity index (χ1) is 10.8. The molecule has 0 radical (unpaired) electrons. The van der Waals surface area contributed by atoms with Gasteiger partial charge in [-0.1, -0.05) is 0 Å². The van der Waals surface area contributed by atoms with Gasteiger partial charge in [0, 0.05) is 45.7 Å². The van der Waals surface area contributed by atoms with E-state index in [9.17, 15) is 0 Å². The molecular formula is C16H25N3O3. The maximum atomic E-state index is 5.96. The molecule has 2 atom stereocenters. The molecule has 6 heteroatoms. The Morgan fingerprint density at radius 1 is 1.45 bits per heavy atom. The summed E-state index contributed by atoms with van der Waals surface area (Å²) in [5.74, 6) is 1.82. The molecule has 122 valence electrons. The molecular weight excluding hydrogens is 282 g/mol. The van der Waals surface area contributed by atoms with E-state index >= 15 is 0 Å². The maximum absolute atomic E-state index is 5.96. The molecule has 1 spiro atoms. The van der Waals surface area contributed by atoms with Crippen LogP contribution in [0, 0.1) is 0 Å². The first kappa shape index (κ1) is 15.4. The summed E-state index contributed by atoms with van der Waals surface area (Å²) < 4.78 is 16.8. The Morgan fingerprint density at radius 3 is 3.14 bits per heavy atom. The van der Waals surface area contributed by atoms with Gasteiger partial charge in [0.15, 0.2) is 5.96 Å². The summed E-state index contributed by atoms with van der Waals surface area (Å²) >= 11 is 0. The Bertz CT molecular complexity index is 481. The van der Waals surface area contributed by atoms with E-state index in [2.05, 4.69) is 15.6 Å². The van der Waals surface area contributed by atoms with Gasteiger partial charge in [0.25, 0.3) is 0 Å². The number of furan rings is 1.